The minimum atomic E-state index is -0.262. The van der Waals surface area contributed by atoms with E-state index in [-0.39, 0.29) is 17.4 Å². The Morgan fingerprint density at radius 1 is 1.47 bits per heavy atom. The Balaban J connectivity index is 2.30. The minimum Gasteiger partial charge on any atom is -0.392 e. The van der Waals surface area contributed by atoms with E-state index in [0.29, 0.717) is 0 Å². The van der Waals surface area contributed by atoms with Gasteiger partial charge in [-0.05, 0) is 18.4 Å². The molecule has 1 aromatic carbocycles. The summed E-state index contributed by atoms with van der Waals surface area (Å²) in [6.07, 6.45) is 3.63. The molecule has 0 saturated heterocycles. The summed E-state index contributed by atoms with van der Waals surface area (Å²) in [6.45, 7) is 5.91. The monoisotopic (exact) mass is 202 g/mol. The number of hydrogen-bond donors (Lipinski definition) is 1. The second kappa shape index (κ2) is 3.82. The van der Waals surface area contributed by atoms with Gasteiger partial charge in [-0.3, -0.25) is 0 Å². The molecular weight excluding hydrogens is 184 g/mol. The van der Waals surface area contributed by atoms with Gasteiger partial charge >= 0.3 is 0 Å². The van der Waals surface area contributed by atoms with Gasteiger partial charge in [0.25, 0.3) is 0 Å². The molecule has 0 aromatic heterocycles. The van der Waals surface area contributed by atoms with Crippen LogP contribution in [0.1, 0.15) is 25.3 Å². The fourth-order valence-corrected chi connectivity index (χ4v) is 2.73. The van der Waals surface area contributed by atoms with Gasteiger partial charge in [-0.25, -0.2) is 0 Å². The second-order valence-corrected chi connectivity index (χ2v) is 4.42. The Hall–Kier alpha value is -1.08. The average Bonchev–Trinajstić information content (AvgIpc) is 2.30. The standard InChI is InChI=1S/C14H18O/c1-3-11-10-14(4-2,13(11)15)12-8-6-5-7-9-12/h3,5-9,11,13,15H,1,4,10H2,2H3/t11-,13+,14-/m1/s1. The van der Waals surface area contributed by atoms with E-state index in [1.807, 2.05) is 24.3 Å². The van der Waals surface area contributed by atoms with Gasteiger partial charge in [-0.2, -0.15) is 0 Å². The predicted molar refractivity (Wildman–Crippen MR) is 62.7 cm³/mol. The number of aliphatic hydroxyl groups excluding tert-OH is 1. The number of hydrogen-bond acceptors (Lipinski definition) is 1. The van der Waals surface area contributed by atoms with Crippen LogP contribution in [0.2, 0.25) is 0 Å². The Morgan fingerprint density at radius 2 is 2.13 bits per heavy atom. The van der Waals surface area contributed by atoms with Crippen molar-refractivity contribution in [3.8, 4) is 0 Å². The molecule has 0 spiro atoms. The highest BCUT2D eigenvalue weighted by atomic mass is 16.3. The second-order valence-electron chi connectivity index (χ2n) is 4.42. The van der Waals surface area contributed by atoms with Gasteiger partial charge in [-0.1, -0.05) is 43.3 Å². The van der Waals surface area contributed by atoms with Gasteiger partial charge in [0, 0.05) is 11.3 Å². The normalized spacial score (nSPS) is 34.5. The van der Waals surface area contributed by atoms with E-state index in [1.165, 1.54) is 5.56 Å². The van der Waals surface area contributed by atoms with Crippen molar-refractivity contribution in [3.63, 3.8) is 0 Å². The largest absolute Gasteiger partial charge is 0.392 e. The third-order valence-corrected chi connectivity index (χ3v) is 3.85. The fourth-order valence-electron chi connectivity index (χ4n) is 2.73. The first-order valence-electron chi connectivity index (χ1n) is 5.60. The molecule has 0 bridgehead atoms. The smallest absolute Gasteiger partial charge is 0.0699 e. The van der Waals surface area contributed by atoms with Crippen molar-refractivity contribution >= 4 is 0 Å². The molecule has 1 saturated carbocycles. The number of benzene rings is 1. The van der Waals surface area contributed by atoms with Crippen LogP contribution in [0.25, 0.3) is 0 Å². The Bertz CT molecular complexity index is 344. The molecule has 1 N–H and O–H groups in total. The molecule has 1 aliphatic rings. The molecular formula is C14H18O. The zero-order valence-corrected chi connectivity index (χ0v) is 9.19. The van der Waals surface area contributed by atoms with Crippen LogP contribution in [-0.2, 0) is 5.41 Å². The maximum Gasteiger partial charge on any atom is 0.0699 e. The van der Waals surface area contributed by atoms with E-state index in [0.717, 1.165) is 12.8 Å². The quantitative estimate of drug-likeness (QED) is 0.747. The summed E-state index contributed by atoms with van der Waals surface area (Å²) < 4.78 is 0. The number of rotatable bonds is 3. The lowest BCUT2D eigenvalue weighted by Crippen LogP contribution is -2.54. The highest BCUT2D eigenvalue weighted by Gasteiger charge is 2.51. The van der Waals surface area contributed by atoms with Crippen LogP contribution in [-0.4, -0.2) is 11.2 Å². The zero-order valence-electron chi connectivity index (χ0n) is 9.19. The first-order chi connectivity index (χ1) is 7.24. The molecule has 1 fully saturated rings. The van der Waals surface area contributed by atoms with Gasteiger partial charge in [0.05, 0.1) is 6.10 Å². The maximum absolute atomic E-state index is 10.2. The lowest BCUT2D eigenvalue weighted by molar-refractivity contribution is -0.0495. The van der Waals surface area contributed by atoms with Crippen molar-refractivity contribution in [2.24, 2.45) is 5.92 Å². The van der Waals surface area contributed by atoms with E-state index in [9.17, 15) is 5.11 Å². The summed E-state index contributed by atoms with van der Waals surface area (Å²) in [7, 11) is 0. The lowest BCUT2D eigenvalue weighted by atomic mass is 9.55. The summed E-state index contributed by atoms with van der Waals surface area (Å²) in [5, 5.41) is 10.2. The SMILES string of the molecule is C=C[C@@H]1C[C@](CC)(c2ccccc2)[C@H]1O. The van der Waals surface area contributed by atoms with Crippen LogP contribution in [0.15, 0.2) is 43.0 Å². The fraction of sp³-hybridized carbons (Fsp3) is 0.429. The molecule has 80 valence electrons. The average molecular weight is 202 g/mol. The third-order valence-electron chi connectivity index (χ3n) is 3.85. The van der Waals surface area contributed by atoms with Gasteiger partial charge in [-0.15, -0.1) is 6.58 Å². The summed E-state index contributed by atoms with van der Waals surface area (Å²) >= 11 is 0. The summed E-state index contributed by atoms with van der Waals surface area (Å²) in [5.74, 6) is 0.269. The molecule has 3 atom stereocenters. The van der Waals surface area contributed by atoms with Gasteiger partial charge in [0.15, 0.2) is 0 Å². The topological polar surface area (TPSA) is 20.2 Å². The molecule has 0 aliphatic heterocycles. The Morgan fingerprint density at radius 3 is 2.60 bits per heavy atom. The third kappa shape index (κ3) is 1.42. The molecule has 1 nitrogen and oxygen atoms in total. The van der Waals surface area contributed by atoms with E-state index in [4.69, 9.17) is 0 Å². The summed E-state index contributed by atoms with van der Waals surface area (Å²) in [4.78, 5) is 0. The predicted octanol–water partition coefficient (Wildman–Crippen LogP) is 2.90. The maximum atomic E-state index is 10.2. The molecule has 0 heterocycles. The van der Waals surface area contributed by atoms with Crippen LogP contribution < -0.4 is 0 Å². The van der Waals surface area contributed by atoms with Crippen LogP contribution in [0.5, 0.6) is 0 Å². The van der Waals surface area contributed by atoms with Gasteiger partial charge in [0.2, 0.25) is 0 Å². The molecule has 0 amide bonds. The van der Waals surface area contributed by atoms with Gasteiger partial charge < -0.3 is 5.11 Å². The molecule has 1 aromatic rings. The van der Waals surface area contributed by atoms with Crippen LogP contribution in [0.4, 0.5) is 0 Å². The van der Waals surface area contributed by atoms with E-state index in [1.54, 1.807) is 0 Å². The van der Waals surface area contributed by atoms with E-state index < -0.39 is 0 Å². The Kier molecular flexibility index (Phi) is 2.66. The van der Waals surface area contributed by atoms with Crippen molar-refractivity contribution in [1.82, 2.24) is 0 Å². The van der Waals surface area contributed by atoms with Crippen molar-refractivity contribution < 1.29 is 5.11 Å². The van der Waals surface area contributed by atoms with Crippen LogP contribution >= 0.6 is 0 Å². The van der Waals surface area contributed by atoms with Crippen molar-refractivity contribution in [1.29, 1.82) is 0 Å². The van der Waals surface area contributed by atoms with Crippen molar-refractivity contribution in [2.75, 3.05) is 0 Å². The van der Waals surface area contributed by atoms with Crippen LogP contribution in [0.3, 0.4) is 0 Å². The minimum absolute atomic E-state index is 0.0277. The van der Waals surface area contributed by atoms with Crippen LogP contribution in [0, 0.1) is 5.92 Å². The van der Waals surface area contributed by atoms with E-state index >= 15 is 0 Å². The lowest BCUT2D eigenvalue weighted by Gasteiger charge is -2.52. The molecule has 0 unspecified atom stereocenters. The first-order valence-corrected chi connectivity index (χ1v) is 5.60. The number of aliphatic hydroxyl groups is 1. The molecule has 1 heteroatoms. The highest BCUT2D eigenvalue weighted by Crippen LogP contribution is 2.50. The van der Waals surface area contributed by atoms with E-state index in [2.05, 4.69) is 25.6 Å². The summed E-state index contributed by atoms with van der Waals surface area (Å²) in [6, 6.07) is 10.3. The molecule has 2 rings (SSSR count). The summed E-state index contributed by atoms with van der Waals surface area (Å²) in [5.41, 5.74) is 1.23. The molecule has 15 heavy (non-hydrogen) atoms. The Labute approximate surface area is 91.4 Å². The highest BCUT2D eigenvalue weighted by molar-refractivity contribution is 5.32. The first kappa shape index (κ1) is 10.4. The van der Waals surface area contributed by atoms with Crippen molar-refractivity contribution in [2.45, 2.75) is 31.3 Å². The molecule has 0 radical (unpaired) electrons. The molecule has 1 aliphatic carbocycles. The zero-order chi connectivity index (χ0) is 10.9. The van der Waals surface area contributed by atoms with Crippen molar-refractivity contribution in [3.05, 3.63) is 48.6 Å². The van der Waals surface area contributed by atoms with Gasteiger partial charge in [0.1, 0.15) is 0 Å².